The molecule has 0 heterocycles. The Bertz CT molecular complexity index is 437. The molecule has 1 amide bonds. The minimum Gasteiger partial charge on any atom is -0.338 e. The number of amides is 1. The van der Waals surface area contributed by atoms with Gasteiger partial charge in [0.05, 0.1) is 11.6 Å². The summed E-state index contributed by atoms with van der Waals surface area (Å²) in [6.07, 6.45) is 5.67. The fourth-order valence-corrected chi connectivity index (χ4v) is 1.18. The fraction of sp³-hybridized carbons (Fsp3) is 0.250. The Morgan fingerprint density at radius 2 is 2.25 bits per heavy atom. The van der Waals surface area contributed by atoms with Gasteiger partial charge in [0.25, 0.3) is 5.91 Å². The fourth-order valence-electron chi connectivity index (χ4n) is 1.18. The largest absolute Gasteiger partial charge is 0.338 e. The van der Waals surface area contributed by atoms with Crippen molar-refractivity contribution in [3.63, 3.8) is 0 Å². The molecule has 0 saturated heterocycles. The molecule has 0 aliphatic rings. The zero-order valence-corrected chi connectivity index (χ0v) is 8.76. The van der Waals surface area contributed by atoms with E-state index in [1.165, 1.54) is 12.1 Å². The summed E-state index contributed by atoms with van der Waals surface area (Å²) >= 11 is 0. The first-order valence-corrected chi connectivity index (χ1v) is 4.81. The van der Waals surface area contributed by atoms with Crippen LogP contribution in [0.1, 0.15) is 23.7 Å². The molecule has 0 radical (unpaired) electrons. The van der Waals surface area contributed by atoms with Crippen molar-refractivity contribution in [2.75, 3.05) is 0 Å². The highest BCUT2D eigenvalue weighted by atomic mass is 19.2. The minimum absolute atomic E-state index is 0.339. The Morgan fingerprint density at radius 3 is 2.81 bits per heavy atom. The monoisotopic (exact) mass is 223 g/mol. The average Bonchev–Trinajstić information content (AvgIpc) is 2.29. The van der Waals surface area contributed by atoms with Crippen molar-refractivity contribution in [3.05, 3.63) is 35.4 Å². The third-order valence-electron chi connectivity index (χ3n) is 2.11. The van der Waals surface area contributed by atoms with Crippen molar-refractivity contribution in [1.29, 1.82) is 0 Å². The summed E-state index contributed by atoms with van der Waals surface area (Å²) in [6.45, 7) is 1.78. The first-order chi connectivity index (χ1) is 7.60. The maximum atomic E-state index is 13.2. The SMILES string of the molecule is C#CC(CC)NC(=O)c1cccc(F)c1F. The smallest absolute Gasteiger partial charge is 0.255 e. The summed E-state index contributed by atoms with van der Waals surface area (Å²) < 4.78 is 26.1. The van der Waals surface area contributed by atoms with Gasteiger partial charge in [0.1, 0.15) is 0 Å². The average molecular weight is 223 g/mol. The lowest BCUT2D eigenvalue weighted by Gasteiger charge is -2.11. The van der Waals surface area contributed by atoms with Crippen LogP contribution in [-0.4, -0.2) is 11.9 Å². The van der Waals surface area contributed by atoms with Gasteiger partial charge < -0.3 is 5.32 Å². The van der Waals surface area contributed by atoms with E-state index in [9.17, 15) is 13.6 Å². The van der Waals surface area contributed by atoms with Crippen molar-refractivity contribution >= 4 is 5.91 Å². The molecule has 4 heteroatoms. The Morgan fingerprint density at radius 1 is 1.56 bits per heavy atom. The minimum atomic E-state index is -1.16. The molecule has 0 spiro atoms. The van der Waals surface area contributed by atoms with Gasteiger partial charge in [0.2, 0.25) is 0 Å². The molecule has 1 atom stereocenters. The van der Waals surface area contributed by atoms with Gasteiger partial charge >= 0.3 is 0 Å². The molecule has 16 heavy (non-hydrogen) atoms. The molecule has 1 rings (SSSR count). The molecule has 1 aromatic carbocycles. The van der Waals surface area contributed by atoms with Crippen molar-refractivity contribution in [3.8, 4) is 12.3 Å². The lowest BCUT2D eigenvalue weighted by Crippen LogP contribution is -2.33. The Kier molecular flexibility index (Phi) is 4.01. The molecule has 2 nitrogen and oxygen atoms in total. The van der Waals surface area contributed by atoms with E-state index in [1.807, 2.05) is 0 Å². The van der Waals surface area contributed by atoms with Crippen LogP contribution < -0.4 is 5.32 Å². The molecule has 0 aliphatic heterocycles. The highest BCUT2D eigenvalue weighted by Crippen LogP contribution is 2.11. The van der Waals surface area contributed by atoms with Crippen molar-refractivity contribution < 1.29 is 13.6 Å². The van der Waals surface area contributed by atoms with Crippen LogP contribution in [0.25, 0.3) is 0 Å². The molecule has 1 aromatic rings. The van der Waals surface area contributed by atoms with Gasteiger partial charge in [0, 0.05) is 0 Å². The van der Waals surface area contributed by atoms with E-state index >= 15 is 0 Å². The second-order valence-electron chi connectivity index (χ2n) is 3.20. The van der Waals surface area contributed by atoms with Gasteiger partial charge in [-0.3, -0.25) is 4.79 Å². The van der Waals surface area contributed by atoms with Crippen LogP contribution in [0, 0.1) is 24.0 Å². The molecule has 0 aromatic heterocycles. The maximum Gasteiger partial charge on any atom is 0.255 e. The van der Waals surface area contributed by atoms with E-state index in [4.69, 9.17) is 6.42 Å². The summed E-state index contributed by atoms with van der Waals surface area (Å²) in [6, 6.07) is 2.95. The number of rotatable bonds is 3. The summed E-state index contributed by atoms with van der Waals surface area (Å²) in [5.74, 6) is -0.583. The quantitative estimate of drug-likeness (QED) is 0.781. The van der Waals surface area contributed by atoms with Gasteiger partial charge in [-0.25, -0.2) is 8.78 Å². The lowest BCUT2D eigenvalue weighted by molar-refractivity contribution is 0.0940. The zero-order chi connectivity index (χ0) is 12.1. The molecule has 84 valence electrons. The number of nitrogens with one attached hydrogen (secondary N) is 1. The van der Waals surface area contributed by atoms with Crippen LogP contribution in [0.3, 0.4) is 0 Å². The van der Waals surface area contributed by atoms with Gasteiger partial charge in [-0.2, -0.15) is 0 Å². The van der Waals surface area contributed by atoms with Crippen molar-refractivity contribution in [2.24, 2.45) is 0 Å². The normalized spacial score (nSPS) is 11.6. The van der Waals surface area contributed by atoms with Gasteiger partial charge in [-0.1, -0.05) is 18.9 Å². The number of carbonyl (C=O) groups is 1. The first kappa shape index (κ1) is 12.2. The van der Waals surface area contributed by atoms with E-state index in [-0.39, 0.29) is 5.56 Å². The standard InChI is InChI=1S/C12H11F2NO/c1-3-8(4-2)15-12(16)9-6-5-7-10(13)11(9)14/h1,5-8H,4H2,2H3,(H,15,16). The molecule has 0 saturated carbocycles. The van der Waals surface area contributed by atoms with E-state index in [0.29, 0.717) is 6.42 Å². The number of hydrogen-bond acceptors (Lipinski definition) is 1. The molecular weight excluding hydrogens is 212 g/mol. The highest BCUT2D eigenvalue weighted by Gasteiger charge is 2.16. The predicted molar refractivity (Wildman–Crippen MR) is 56.7 cm³/mol. The molecular formula is C12H11F2NO. The number of carbonyl (C=O) groups excluding carboxylic acids is 1. The van der Waals surface area contributed by atoms with E-state index in [1.54, 1.807) is 6.92 Å². The third-order valence-corrected chi connectivity index (χ3v) is 2.11. The number of hydrogen-bond donors (Lipinski definition) is 1. The number of terminal acetylenes is 1. The Labute approximate surface area is 92.7 Å². The highest BCUT2D eigenvalue weighted by molar-refractivity contribution is 5.94. The third kappa shape index (κ3) is 2.57. The van der Waals surface area contributed by atoms with Crippen molar-refractivity contribution in [2.45, 2.75) is 19.4 Å². The van der Waals surface area contributed by atoms with E-state index in [0.717, 1.165) is 6.07 Å². The lowest BCUT2D eigenvalue weighted by atomic mass is 10.1. The number of halogens is 2. The van der Waals surface area contributed by atoms with Crippen LogP contribution in [0.4, 0.5) is 8.78 Å². The van der Waals surface area contributed by atoms with Crippen LogP contribution in [0.5, 0.6) is 0 Å². The Balaban J connectivity index is 2.90. The maximum absolute atomic E-state index is 13.2. The summed E-state index contributed by atoms with van der Waals surface area (Å²) in [5, 5.41) is 2.42. The van der Waals surface area contributed by atoms with Gasteiger partial charge in [-0.05, 0) is 18.6 Å². The first-order valence-electron chi connectivity index (χ1n) is 4.81. The molecule has 0 fully saturated rings. The second-order valence-corrected chi connectivity index (χ2v) is 3.20. The number of benzene rings is 1. The van der Waals surface area contributed by atoms with Crippen LogP contribution in [0.15, 0.2) is 18.2 Å². The van der Waals surface area contributed by atoms with Gasteiger partial charge in [-0.15, -0.1) is 6.42 Å². The molecule has 0 aliphatic carbocycles. The second kappa shape index (κ2) is 5.26. The van der Waals surface area contributed by atoms with E-state index in [2.05, 4.69) is 11.2 Å². The summed E-state index contributed by atoms with van der Waals surface area (Å²) in [7, 11) is 0. The molecule has 0 bridgehead atoms. The molecule has 1 unspecified atom stereocenters. The van der Waals surface area contributed by atoms with Crippen molar-refractivity contribution in [1.82, 2.24) is 5.32 Å². The Hall–Kier alpha value is -1.89. The summed E-state index contributed by atoms with van der Waals surface area (Å²) in [5.41, 5.74) is -0.339. The van der Waals surface area contributed by atoms with E-state index < -0.39 is 23.6 Å². The predicted octanol–water partition coefficient (Wildman–Crippen LogP) is 2.11. The van der Waals surface area contributed by atoms with Gasteiger partial charge in [0.15, 0.2) is 11.6 Å². The topological polar surface area (TPSA) is 29.1 Å². The van der Waals surface area contributed by atoms with Crippen LogP contribution in [0.2, 0.25) is 0 Å². The zero-order valence-electron chi connectivity index (χ0n) is 8.76. The van der Waals surface area contributed by atoms with Crippen LogP contribution in [-0.2, 0) is 0 Å². The summed E-state index contributed by atoms with van der Waals surface area (Å²) in [4.78, 5) is 11.5. The van der Waals surface area contributed by atoms with Crippen LogP contribution >= 0.6 is 0 Å². The molecule has 1 N–H and O–H groups in total.